The van der Waals surface area contributed by atoms with Gasteiger partial charge in [-0.25, -0.2) is 4.79 Å². The molecule has 224 valence electrons. The highest BCUT2D eigenvalue weighted by Gasteiger charge is 2.55. The summed E-state index contributed by atoms with van der Waals surface area (Å²) in [4.78, 5) is 11.8. The molecule has 0 radical (unpaired) electrons. The van der Waals surface area contributed by atoms with Crippen molar-refractivity contribution in [3.63, 3.8) is 0 Å². The van der Waals surface area contributed by atoms with Gasteiger partial charge >= 0.3 is 11.6 Å². The topological polar surface area (TPSA) is 143 Å². The van der Waals surface area contributed by atoms with Gasteiger partial charge in [-0.05, 0) is 52.0 Å². The van der Waals surface area contributed by atoms with Crippen LogP contribution in [0.25, 0.3) is 39.0 Å². The first-order valence-corrected chi connectivity index (χ1v) is 13.8. The largest absolute Gasteiger partial charge is 0.489 e. The fourth-order valence-corrected chi connectivity index (χ4v) is 5.28. The molecule has 2 aliphatic heterocycles. The monoisotopic (exact) mass is 590 g/mol. The maximum absolute atomic E-state index is 11.8. The van der Waals surface area contributed by atoms with Gasteiger partial charge in [0.15, 0.2) is 0 Å². The summed E-state index contributed by atoms with van der Waals surface area (Å²) in [6.45, 7) is 6.70. The van der Waals surface area contributed by atoms with E-state index in [1.54, 1.807) is 48.7 Å². The molecule has 0 unspecified atom stereocenters. The van der Waals surface area contributed by atoms with E-state index in [1.807, 2.05) is 13.8 Å². The maximum Gasteiger partial charge on any atom is 0.350 e. The van der Waals surface area contributed by atoms with Gasteiger partial charge in [-0.2, -0.15) is 0 Å². The van der Waals surface area contributed by atoms with Crippen molar-refractivity contribution in [3.05, 3.63) is 71.0 Å². The van der Waals surface area contributed by atoms with Crippen LogP contribution in [0.1, 0.15) is 33.3 Å². The zero-order valence-corrected chi connectivity index (χ0v) is 23.9. The number of furan rings is 2. The van der Waals surface area contributed by atoms with E-state index < -0.39 is 35.0 Å². The fraction of sp³-hybridized carbons (Fsp3) is 0.344. The molecule has 3 aromatic heterocycles. The first-order valence-electron chi connectivity index (χ1n) is 13.8. The Kier molecular flexibility index (Phi) is 6.16. The number of aliphatic hydroxyl groups is 2. The Morgan fingerprint density at radius 1 is 0.953 bits per heavy atom. The first kappa shape index (κ1) is 27.5. The Morgan fingerprint density at radius 3 is 2.40 bits per heavy atom. The molecule has 7 rings (SSSR count). The normalized spacial score (nSPS) is 21.9. The van der Waals surface area contributed by atoms with Gasteiger partial charge in [0.05, 0.1) is 45.5 Å². The molecule has 1 saturated heterocycles. The highest BCUT2D eigenvalue weighted by atomic mass is 16.9. The van der Waals surface area contributed by atoms with Crippen molar-refractivity contribution in [1.82, 2.24) is 0 Å². The molecule has 0 amide bonds. The molecule has 5 heterocycles. The van der Waals surface area contributed by atoms with Crippen LogP contribution in [-0.2, 0) is 9.47 Å². The van der Waals surface area contributed by atoms with Gasteiger partial charge in [0, 0.05) is 24.3 Å². The van der Waals surface area contributed by atoms with Crippen LogP contribution in [0.2, 0.25) is 0 Å². The zero-order valence-electron chi connectivity index (χ0n) is 23.9. The Hall–Kier alpha value is -4.29. The van der Waals surface area contributed by atoms with Gasteiger partial charge in [0.1, 0.15) is 59.4 Å². The maximum atomic E-state index is 11.8. The summed E-state index contributed by atoms with van der Waals surface area (Å²) in [6, 6.07) is 9.91. The van der Waals surface area contributed by atoms with Gasteiger partial charge in [-0.3, -0.25) is 0 Å². The summed E-state index contributed by atoms with van der Waals surface area (Å²) < 4.78 is 47.9. The zero-order chi connectivity index (χ0) is 30.1. The molecule has 2 aromatic carbocycles. The van der Waals surface area contributed by atoms with Crippen molar-refractivity contribution >= 4 is 39.0 Å². The summed E-state index contributed by atoms with van der Waals surface area (Å²) in [7, 11) is 0. The van der Waals surface area contributed by atoms with Crippen LogP contribution >= 0.6 is 0 Å². The molecule has 1 spiro atoms. The molecule has 3 atom stereocenters. The number of rotatable bonds is 7. The lowest BCUT2D eigenvalue weighted by Gasteiger charge is -2.31. The molecule has 0 aliphatic carbocycles. The van der Waals surface area contributed by atoms with Gasteiger partial charge < -0.3 is 47.1 Å². The van der Waals surface area contributed by atoms with Gasteiger partial charge in [0.2, 0.25) is 0 Å². The second kappa shape index (κ2) is 9.61. The van der Waals surface area contributed by atoms with Crippen molar-refractivity contribution in [1.29, 1.82) is 0 Å². The molecule has 0 saturated carbocycles. The average Bonchev–Trinajstić information content (AvgIpc) is 3.65. The fourth-order valence-electron chi connectivity index (χ4n) is 5.28. The van der Waals surface area contributed by atoms with E-state index in [4.69, 9.17) is 36.9 Å². The first-order chi connectivity index (χ1) is 20.4. The highest BCUT2D eigenvalue weighted by molar-refractivity contribution is 6.01. The van der Waals surface area contributed by atoms with Crippen molar-refractivity contribution in [3.8, 4) is 17.2 Å². The number of hydrogen-bond acceptors (Lipinski definition) is 11. The molecule has 0 bridgehead atoms. The quantitative estimate of drug-likeness (QED) is 0.244. The van der Waals surface area contributed by atoms with Crippen molar-refractivity contribution < 1.29 is 47.1 Å². The SMILES string of the molecule is CC(C)(O)[C@H](O)COc1c2c(cc3occc13)O[C@]1(C=C2)O[C@H](COc2c3ccoc3cc3oc(=O)ccc23)C(C)(C)O1. The molecule has 5 aromatic rings. The van der Waals surface area contributed by atoms with Crippen LogP contribution in [-0.4, -0.2) is 52.8 Å². The third kappa shape index (κ3) is 4.74. The minimum atomic E-state index is -1.56. The van der Waals surface area contributed by atoms with Crippen LogP contribution in [0.4, 0.5) is 0 Å². The lowest BCUT2D eigenvalue weighted by molar-refractivity contribution is -0.271. The lowest BCUT2D eigenvalue weighted by Crippen LogP contribution is -2.40. The summed E-state index contributed by atoms with van der Waals surface area (Å²) >= 11 is 0. The average molecular weight is 591 g/mol. The number of hydrogen-bond donors (Lipinski definition) is 2. The predicted molar refractivity (Wildman–Crippen MR) is 154 cm³/mol. The number of ether oxygens (including phenoxy) is 5. The summed E-state index contributed by atoms with van der Waals surface area (Å²) in [5, 5.41) is 22.5. The summed E-state index contributed by atoms with van der Waals surface area (Å²) in [6.07, 6.45) is 4.79. The van der Waals surface area contributed by atoms with E-state index in [2.05, 4.69) is 0 Å². The standard InChI is InChI=1S/C32H30O11/c1-30(2,35)25(33)15-38-29-18-7-10-32(41-24(18)14-22-20(29)9-12-37-22)42-26(31(3,4)43-32)16-39-28-17-5-6-27(34)40-23(17)13-21-19(28)8-11-36-21/h5-14,25-26,33,35H,15-16H2,1-4H3/t25-,26-,32-/m1/s1. The third-order valence-electron chi connectivity index (χ3n) is 7.79. The van der Waals surface area contributed by atoms with E-state index in [0.29, 0.717) is 50.3 Å². The molecule has 43 heavy (non-hydrogen) atoms. The minimum Gasteiger partial charge on any atom is -0.489 e. The van der Waals surface area contributed by atoms with E-state index in [-0.39, 0.29) is 13.2 Å². The summed E-state index contributed by atoms with van der Waals surface area (Å²) in [5.41, 5.74) is -0.708. The molecule has 2 aliphatic rings. The predicted octanol–water partition coefficient (Wildman–Crippen LogP) is 5.13. The smallest absolute Gasteiger partial charge is 0.350 e. The van der Waals surface area contributed by atoms with Crippen molar-refractivity contribution in [2.75, 3.05) is 13.2 Å². The van der Waals surface area contributed by atoms with Crippen molar-refractivity contribution in [2.45, 2.75) is 57.1 Å². The Labute approximate surface area is 244 Å². The number of aliphatic hydroxyl groups excluding tert-OH is 1. The van der Waals surface area contributed by atoms with Crippen LogP contribution in [0, 0.1) is 0 Å². The van der Waals surface area contributed by atoms with E-state index in [9.17, 15) is 15.0 Å². The molecular formula is C32H30O11. The Bertz CT molecular complexity index is 1940. The van der Waals surface area contributed by atoms with E-state index in [1.165, 1.54) is 26.2 Å². The van der Waals surface area contributed by atoms with Crippen molar-refractivity contribution in [2.24, 2.45) is 0 Å². The lowest BCUT2D eigenvalue weighted by atomic mass is 10.0. The number of benzene rings is 2. The van der Waals surface area contributed by atoms with Crippen LogP contribution in [0.15, 0.2) is 73.0 Å². The molecular weight excluding hydrogens is 560 g/mol. The van der Waals surface area contributed by atoms with E-state index >= 15 is 0 Å². The third-order valence-corrected chi connectivity index (χ3v) is 7.79. The molecule has 2 N–H and O–H groups in total. The minimum absolute atomic E-state index is 0.0811. The molecule has 11 heteroatoms. The second-order valence-electron chi connectivity index (χ2n) is 11.8. The Morgan fingerprint density at radius 2 is 1.65 bits per heavy atom. The Balaban J connectivity index is 1.17. The van der Waals surface area contributed by atoms with Gasteiger partial charge in [0.25, 0.3) is 0 Å². The van der Waals surface area contributed by atoms with Crippen LogP contribution < -0.4 is 19.8 Å². The van der Waals surface area contributed by atoms with Crippen LogP contribution in [0.5, 0.6) is 17.2 Å². The van der Waals surface area contributed by atoms with Gasteiger partial charge in [-0.15, -0.1) is 0 Å². The van der Waals surface area contributed by atoms with Crippen LogP contribution in [0.3, 0.4) is 0 Å². The molecule has 1 fully saturated rings. The summed E-state index contributed by atoms with van der Waals surface area (Å²) in [5.74, 6) is -0.254. The molecule has 11 nitrogen and oxygen atoms in total. The second-order valence-corrected chi connectivity index (χ2v) is 11.8. The van der Waals surface area contributed by atoms with Gasteiger partial charge in [-0.1, -0.05) is 0 Å². The highest BCUT2D eigenvalue weighted by Crippen LogP contribution is 2.48. The number of fused-ring (bicyclic) bond motifs is 4. The van der Waals surface area contributed by atoms with E-state index in [0.717, 1.165) is 5.39 Å².